The zero-order valence-corrected chi connectivity index (χ0v) is 17.9. The van der Waals surface area contributed by atoms with Crippen LogP contribution in [0.2, 0.25) is 0 Å². The zero-order chi connectivity index (χ0) is 20.7. The van der Waals surface area contributed by atoms with Gasteiger partial charge in [0.15, 0.2) is 0 Å². The Morgan fingerprint density at radius 3 is 2.38 bits per heavy atom. The smallest absolute Gasteiger partial charge is 0.122 e. The second-order valence-electron chi connectivity index (χ2n) is 8.24. The van der Waals surface area contributed by atoms with Crippen molar-refractivity contribution in [3.63, 3.8) is 0 Å². The molecular formula is C25H32NO3+. The van der Waals surface area contributed by atoms with Crippen molar-refractivity contribution in [2.75, 3.05) is 13.7 Å². The molecule has 0 aliphatic heterocycles. The predicted molar refractivity (Wildman–Crippen MR) is 115 cm³/mol. The molecule has 154 valence electrons. The van der Waals surface area contributed by atoms with Crippen LogP contribution in [0.5, 0.6) is 11.5 Å². The van der Waals surface area contributed by atoms with Crippen molar-refractivity contribution in [2.24, 2.45) is 0 Å². The van der Waals surface area contributed by atoms with Crippen LogP contribution in [0.1, 0.15) is 50.0 Å². The molecule has 1 heterocycles. The van der Waals surface area contributed by atoms with Gasteiger partial charge in [0.1, 0.15) is 29.4 Å². The molecule has 3 rings (SSSR count). The minimum Gasteiger partial charge on any atom is -0.496 e. The molecule has 2 N–H and O–H groups in total. The second-order valence-corrected chi connectivity index (χ2v) is 8.24. The first-order chi connectivity index (χ1) is 14.0. The van der Waals surface area contributed by atoms with Gasteiger partial charge in [-0.25, -0.2) is 0 Å². The van der Waals surface area contributed by atoms with Gasteiger partial charge in [0, 0.05) is 17.5 Å². The maximum absolute atomic E-state index is 5.89. The van der Waals surface area contributed by atoms with E-state index in [-0.39, 0.29) is 11.5 Å². The van der Waals surface area contributed by atoms with Crippen LogP contribution in [0.25, 0.3) is 0 Å². The molecule has 0 aliphatic carbocycles. The van der Waals surface area contributed by atoms with Gasteiger partial charge in [0.2, 0.25) is 0 Å². The quantitative estimate of drug-likeness (QED) is 0.533. The summed E-state index contributed by atoms with van der Waals surface area (Å²) in [7, 11) is 1.72. The Bertz CT molecular complexity index is 864. The highest BCUT2D eigenvalue weighted by Gasteiger charge is 2.21. The van der Waals surface area contributed by atoms with Gasteiger partial charge in [-0.2, -0.15) is 0 Å². The fraction of sp³-hybridized carbons (Fsp3) is 0.360. The molecule has 0 bridgehead atoms. The monoisotopic (exact) mass is 394 g/mol. The van der Waals surface area contributed by atoms with Gasteiger partial charge >= 0.3 is 0 Å². The molecule has 0 amide bonds. The van der Waals surface area contributed by atoms with E-state index in [1.54, 1.807) is 13.4 Å². The van der Waals surface area contributed by atoms with E-state index in [1.807, 2.05) is 24.3 Å². The summed E-state index contributed by atoms with van der Waals surface area (Å²) in [5.74, 6) is 2.98. The number of quaternary nitrogens is 1. The molecule has 1 aromatic heterocycles. The number of hydrogen-bond acceptors (Lipinski definition) is 3. The third-order valence-electron chi connectivity index (χ3n) is 4.79. The molecule has 0 radical (unpaired) electrons. The van der Waals surface area contributed by atoms with Gasteiger partial charge in [-0.1, -0.05) is 18.2 Å². The topological polar surface area (TPSA) is 48.2 Å². The van der Waals surface area contributed by atoms with Gasteiger partial charge in [-0.15, -0.1) is 0 Å². The van der Waals surface area contributed by atoms with E-state index in [9.17, 15) is 0 Å². The second kappa shape index (κ2) is 9.66. The molecule has 0 saturated carbocycles. The molecule has 0 aliphatic rings. The van der Waals surface area contributed by atoms with Crippen LogP contribution < -0.4 is 14.8 Å². The summed E-state index contributed by atoms with van der Waals surface area (Å²) in [5.41, 5.74) is 2.28. The van der Waals surface area contributed by atoms with Gasteiger partial charge in [0.05, 0.1) is 25.8 Å². The Morgan fingerprint density at radius 2 is 1.72 bits per heavy atom. The normalized spacial score (nSPS) is 12.6. The molecule has 4 nitrogen and oxygen atoms in total. The van der Waals surface area contributed by atoms with Crippen molar-refractivity contribution in [1.29, 1.82) is 0 Å². The minimum absolute atomic E-state index is 0.174. The molecular weight excluding hydrogens is 362 g/mol. The fourth-order valence-electron chi connectivity index (χ4n) is 3.50. The summed E-state index contributed by atoms with van der Waals surface area (Å²) >= 11 is 0. The Balaban J connectivity index is 1.58. The number of rotatable bonds is 9. The van der Waals surface area contributed by atoms with E-state index in [0.29, 0.717) is 0 Å². The number of methoxy groups -OCH3 is 1. The van der Waals surface area contributed by atoms with E-state index in [4.69, 9.17) is 13.9 Å². The first-order valence-electron chi connectivity index (χ1n) is 10.2. The van der Waals surface area contributed by atoms with Crippen molar-refractivity contribution in [3.8, 4) is 11.5 Å². The fourth-order valence-corrected chi connectivity index (χ4v) is 3.50. The van der Waals surface area contributed by atoms with Crippen LogP contribution in [0.15, 0.2) is 71.3 Å². The molecule has 0 fully saturated rings. The van der Waals surface area contributed by atoms with E-state index in [2.05, 4.69) is 62.5 Å². The first-order valence-corrected chi connectivity index (χ1v) is 10.2. The summed E-state index contributed by atoms with van der Waals surface area (Å²) in [5, 5.41) is 2.34. The lowest BCUT2D eigenvalue weighted by Crippen LogP contribution is -2.82. The summed E-state index contributed by atoms with van der Waals surface area (Å²) < 4.78 is 17.2. The summed E-state index contributed by atoms with van der Waals surface area (Å²) in [6, 6.07) is 20.6. The molecule has 0 saturated heterocycles. The molecule has 3 aromatic rings. The van der Waals surface area contributed by atoms with Crippen LogP contribution in [0, 0.1) is 0 Å². The third kappa shape index (κ3) is 6.13. The molecule has 0 unspecified atom stereocenters. The average molecular weight is 395 g/mol. The highest BCUT2D eigenvalue weighted by atomic mass is 16.5. The van der Waals surface area contributed by atoms with Crippen LogP contribution in [0.3, 0.4) is 0 Å². The number of para-hydroxylation sites is 1. The Labute approximate surface area is 173 Å². The van der Waals surface area contributed by atoms with E-state index in [0.717, 1.165) is 36.8 Å². The lowest BCUT2D eigenvalue weighted by atomic mass is 9.92. The van der Waals surface area contributed by atoms with Crippen molar-refractivity contribution in [1.82, 2.24) is 0 Å². The summed E-state index contributed by atoms with van der Waals surface area (Å²) in [6.07, 6.45) is 2.71. The Morgan fingerprint density at radius 1 is 0.966 bits per heavy atom. The minimum atomic E-state index is -0.174. The number of nitrogens with two attached hydrogens (primary N) is 1. The molecule has 1 atom stereocenters. The SMILES string of the molecule is COc1ccccc1[C@@H](CC[NH2+]Cc1ccc(OC(C)(C)C)cc1)c1ccco1. The lowest BCUT2D eigenvalue weighted by molar-refractivity contribution is -0.671. The number of furan rings is 1. The largest absolute Gasteiger partial charge is 0.496 e. The van der Waals surface area contributed by atoms with Crippen LogP contribution in [0.4, 0.5) is 0 Å². The zero-order valence-electron chi connectivity index (χ0n) is 17.9. The standard InChI is InChI=1S/C25H31NO3/c1-25(2,3)29-20-13-11-19(12-14-20)18-26-16-15-22(24-10-7-17-28-24)21-8-5-6-9-23(21)27-4/h5-14,17,22,26H,15-16,18H2,1-4H3/p+1/t22-/m1/s1. The lowest BCUT2D eigenvalue weighted by Gasteiger charge is -2.21. The van der Waals surface area contributed by atoms with Crippen molar-refractivity contribution in [2.45, 2.75) is 45.3 Å². The molecule has 2 aromatic carbocycles. The maximum Gasteiger partial charge on any atom is 0.122 e. The van der Waals surface area contributed by atoms with Gasteiger partial charge in [-0.3, -0.25) is 0 Å². The highest BCUT2D eigenvalue weighted by molar-refractivity contribution is 5.39. The third-order valence-corrected chi connectivity index (χ3v) is 4.79. The Kier molecular flexibility index (Phi) is 6.99. The summed E-state index contributed by atoms with van der Waals surface area (Å²) in [6.45, 7) is 8.11. The van der Waals surface area contributed by atoms with Crippen molar-refractivity contribution >= 4 is 0 Å². The average Bonchev–Trinajstić information content (AvgIpc) is 3.22. The van der Waals surface area contributed by atoms with Crippen LogP contribution in [-0.4, -0.2) is 19.3 Å². The summed E-state index contributed by atoms with van der Waals surface area (Å²) in [4.78, 5) is 0. The van der Waals surface area contributed by atoms with Crippen molar-refractivity contribution in [3.05, 3.63) is 83.8 Å². The molecule has 0 spiro atoms. The van der Waals surface area contributed by atoms with E-state index >= 15 is 0 Å². The number of ether oxygens (including phenoxy) is 2. The van der Waals surface area contributed by atoms with Gasteiger partial charge < -0.3 is 19.2 Å². The van der Waals surface area contributed by atoms with E-state index in [1.165, 1.54) is 11.1 Å². The van der Waals surface area contributed by atoms with Gasteiger partial charge in [-0.05, 0) is 63.2 Å². The molecule has 4 heteroatoms. The molecule has 29 heavy (non-hydrogen) atoms. The van der Waals surface area contributed by atoms with Crippen LogP contribution >= 0.6 is 0 Å². The van der Waals surface area contributed by atoms with E-state index < -0.39 is 0 Å². The number of hydrogen-bond donors (Lipinski definition) is 1. The van der Waals surface area contributed by atoms with Crippen molar-refractivity contribution < 1.29 is 19.2 Å². The van der Waals surface area contributed by atoms with Gasteiger partial charge in [0.25, 0.3) is 0 Å². The predicted octanol–water partition coefficient (Wildman–Crippen LogP) is 4.75. The number of benzene rings is 2. The maximum atomic E-state index is 5.89. The first kappa shape index (κ1) is 21.0. The van der Waals surface area contributed by atoms with Crippen LogP contribution in [-0.2, 0) is 6.54 Å². The highest BCUT2D eigenvalue weighted by Crippen LogP contribution is 2.34. The Hall–Kier alpha value is -2.72.